The Balaban J connectivity index is 1.05. The zero-order valence-corrected chi connectivity index (χ0v) is 38.3. The minimum Gasteiger partial charge on any atom is -0.453 e. The number of amides is 3. The third-order valence-corrected chi connectivity index (χ3v) is 13.0. The summed E-state index contributed by atoms with van der Waals surface area (Å²) in [4.78, 5) is 62.2. The second kappa shape index (κ2) is 17.4. The van der Waals surface area contributed by atoms with Crippen LogP contribution in [0.1, 0.15) is 146 Å². The molecule has 3 aliphatic rings. The van der Waals surface area contributed by atoms with E-state index in [0.29, 0.717) is 13.1 Å². The Morgan fingerprint density at radius 3 is 2.03 bits per heavy atom. The number of hydrogen-bond acceptors (Lipinski definition) is 8. The molecule has 8 rings (SSSR count). The Labute approximate surface area is 371 Å². The zero-order valence-electron chi connectivity index (χ0n) is 38.3. The van der Waals surface area contributed by atoms with Gasteiger partial charge in [-0.25, -0.2) is 19.6 Å². The molecule has 3 aromatic carbocycles. The lowest BCUT2D eigenvalue weighted by Crippen LogP contribution is -2.51. The van der Waals surface area contributed by atoms with Crippen LogP contribution in [0, 0.1) is 5.92 Å². The fourth-order valence-corrected chi connectivity index (χ4v) is 9.69. The van der Waals surface area contributed by atoms with Crippen molar-refractivity contribution < 1.29 is 23.9 Å². The van der Waals surface area contributed by atoms with Crippen molar-refractivity contribution in [1.82, 2.24) is 35.1 Å². The maximum absolute atomic E-state index is 13.9. The molecule has 3 amide bonds. The van der Waals surface area contributed by atoms with Gasteiger partial charge in [-0.2, -0.15) is 0 Å². The van der Waals surface area contributed by atoms with Crippen LogP contribution in [0.3, 0.4) is 0 Å². The molecule has 0 bridgehead atoms. The van der Waals surface area contributed by atoms with Gasteiger partial charge in [0, 0.05) is 18.8 Å². The van der Waals surface area contributed by atoms with Gasteiger partial charge in [-0.3, -0.25) is 9.69 Å². The number of H-pyrrole nitrogens is 2. The van der Waals surface area contributed by atoms with Crippen LogP contribution in [0.2, 0.25) is 0 Å². The maximum Gasteiger partial charge on any atom is 0.410 e. The molecule has 0 aliphatic carbocycles. The molecule has 5 heterocycles. The normalized spacial score (nSPS) is 21.1. The van der Waals surface area contributed by atoms with Crippen LogP contribution in [0.4, 0.5) is 15.3 Å². The predicted molar refractivity (Wildman–Crippen MR) is 245 cm³/mol. The van der Waals surface area contributed by atoms with Gasteiger partial charge >= 0.3 is 12.2 Å². The summed E-state index contributed by atoms with van der Waals surface area (Å²) in [6, 6.07) is 23.6. The van der Waals surface area contributed by atoms with Crippen LogP contribution in [0.5, 0.6) is 0 Å². The summed E-state index contributed by atoms with van der Waals surface area (Å²) in [5.41, 5.74) is 8.15. The summed E-state index contributed by atoms with van der Waals surface area (Å²) >= 11 is 0. The quantitative estimate of drug-likeness (QED) is 0.133. The topological polar surface area (TPSA) is 149 Å². The summed E-state index contributed by atoms with van der Waals surface area (Å²) in [6.45, 7) is 17.5. The van der Waals surface area contributed by atoms with Gasteiger partial charge in [-0.1, -0.05) is 77.1 Å². The predicted octanol–water partition coefficient (Wildman–Crippen LogP) is 10.4. The first-order valence-electron chi connectivity index (χ1n) is 22.7. The van der Waals surface area contributed by atoms with Crippen molar-refractivity contribution >= 4 is 34.8 Å². The van der Waals surface area contributed by atoms with Gasteiger partial charge in [0.1, 0.15) is 23.3 Å². The van der Waals surface area contributed by atoms with E-state index in [-0.39, 0.29) is 47.5 Å². The summed E-state index contributed by atoms with van der Waals surface area (Å²) in [5, 5.41) is 2.75. The van der Waals surface area contributed by atoms with E-state index in [0.717, 1.165) is 72.5 Å². The molecule has 0 spiro atoms. The third kappa shape index (κ3) is 9.15. The van der Waals surface area contributed by atoms with E-state index >= 15 is 0 Å². The number of nitrogens with one attached hydrogen (secondary N) is 3. The van der Waals surface area contributed by atoms with Crippen LogP contribution >= 0.6 is 0 Å². The second-order valence-electron chi connectivity index (χ2n) is 19.9. The summed E-state index contributed by atoms with van der Waals surface area (Å²) in [6.07, 6.45) is 6.29. The van der Waals surface area contributed by atoms with Gasteiger partial charge < -0.3 is 34.6 Å². The molecule has 13 heteroatoms. The van der Waals surface area contributed by atoms with Crippen molar-refractivity contribution in [2.24, 2.45) is 5.92 Å². The molecule has 2 aromatic heterocycles. The smallest absolute Gasteiger partial charge is 0.410 e. The molecule has 3 saturated heterocycles. The van der Waals surface area contributed by atoms with Gasteiger partial charge in [0.05, 0.1) is 54.2 Å². The summed E-state index contributed by atoms with van der Waals surface area (Å²) < 4.78 is 10.5. The molecule has 63 heavy (non-hydrogen) atoms. The minimum absolute atomic E-state index is 0.0346. The highest BCUT2D eigenvalue weighted by Gasteiger charge is 2.39. The second-order valence-corrected chi connectivity index (χ2v) is 19.9. The van der Waals surface area contributed by atoms with Gasteiger partial charge in [0.15, 0.2) is 0 Å². The summed E-state index contributed by atoms with van der Waals surface area (Å²) in [5.74, 6) is 1.31. The van der Waals surface area contributed by atoms with E-state index in [2.05, 4.69) is 108 Å². The van der Waals surface area contributed by atoms with E-state index in [9.17, 15) is 14.4 Å². The molecular weight excluding hydrogens is 793 g/mol. The average Bonchev–Trinajstić information content (AvgIpc) is 4.10. The van der Waals surface area contributed by atoms with E-state index in [1.165, 1.54) is 29.5 Å². The molecule has 13 nitrogen and oxygen atoms in total. The Kier molecular flexibility index (Phi) is 12.1. The Bertz CT molecular complexity index is 2430. The number of rotatable bonds is 9. The fourth-order valence-electron chi connectivity index (χ4n) is 9.69. The van der Waals surface area contributed by atoms with E-state index in [4.69, 9.17) is 19.4 Å². The molecule has 0 saturated carbocycles. The Hall–Kier alpha value is -5.85. The maximum atomic E-state index is 13.9. The standard InChI is InChI=1S/C50H64N8O5/c1-30(2)43(55-47(60)62-9)46(59)56-26-10-13-42(56)45-52-36-23-18-33(28-37(36)53-45)40-25-24-39(58(40)35-21-19-34(20-22-35)49(3,4)5)32-16-14-31(15-17-32)38-29-51-44(54-38)41-12-11-27-57(41)48(61)63-50(6,7)8/h14-23,28-30,39-43H,10-13,24-27H2,1-9H3,(H,51,54)(H,52,53)(H,55,60)/t39?,40?,41-,42-,43-/m0/s1. The van der Waals surface area contributed by atoms with Gasteiger partial charge in [-0.05, 0) is 117 Å². The number of benzene rings is 3. The van der Waals surface area contributed by atoms with Crippen LogP contribution in [-0.2, 0) is 19.7 Å². The van der Waals surface area contributed by atoms with Crippen molar-refractivity contribution in [3.8, 4) is 11.3 Å². The third-order valence-electron chi connectivity index (χ3n) is 13.0. The monoisotopic (exact) mass is 856 g/mol. The number of hydrogen-bond donors (Lipinski definition) is 3. The number of anilines is 1. The molecule has 5 aromatic rings. The van der Waals surface area contributed by atoms with Gasteiger partial charge in [0.25, 0.3) is 0 Å². The van der Waals surface area contributed by atoms with Gasteiger partial charge in [-0.15, -0.1) is 0 Å². The van der Waals surface area contributed by atoms with Crippen molar-refractivity contribution in [3.63, 3.8) is 0 Å². The lowest BCUT2D eigenvalue weighted by Gasteiger charge is -2.34. The number of likely N-dealkylation sites (tertiary alicyclic amines) is 2. The molecule has 2 unspecified atom stereocenters. The van der Waals surface area contributed by atoms with Crippen LogP contribution in [0.25, 0.3) is 22.3 Å². The highest BCUT2D eigenvalue weighted by Crippen LogP contribution is 2.48. The number of aromatic nitrogens is 4. The minimum atomic E-state index is -0.692. The molecular formula is C50H64N8O5. The van der Waals surface area contributed by atoms with E-state index < -0.39 is 17.7 Å². The largest absolute Gasteiger partial charge is 0.453 e. The first-order chi connectivity index (χ1) is 30.0. The van der Waals surface area contributed by atoms with Crippen LogP contribution in [0.15, 0.2) is 72.9 Å². The average molecular weight is 857 g/mol. The zero-order chi connectivity index (χ0) is 44.8. The number of ether oxygens (including phenoxy) is 2. The van der Waals surface area contributed by atoms with Crippen molar-refractivity contribution in [1.29, 1.82) is 0 Å². The molecule has 3 aliphatic heterocycles. The van der Waals surface area contributed by atoms with Crippen LogP contribution < -0.4 is 10.2 Å². The number of methoxy groups -OCH3 is 1. The number of carbonyl (C=O) groups is 3. The molecule has 3 fully saturated rings. The van der Waals surface area contributed by atoms with Crippen molar-refractivity contribution in [3.05, 3.63) is 101 Å². The fraction of sp³-hybridized carbons (Fsp3) is 0.500. The molecule has 334 valence electrons. The molecule has 0 radical (unpaired) electrons. The Morgan fingerprint density at radius 1 is 0.762 bits per heavy atom. The number of fused-ring (bicyclic) bond motifs is 1. The van der Waals surface area contributed by atoms with Crippen molar-refractivity contribution in [2.45, 2.75) is 135 Å². The lowest BCUT2D eigenvalue weighted by molar-refractivity contribution is -0.135. The Morgan fingerprint density at radius 2 is 1.40 bits per heavy atom. The first-order valence-corrected chi connectivity index (χ1v) is 22.7. The van der Waals surface area contributed by atoms with E-state index in [1.54, 1.807) is 4.90 Å². The van der Waals surface area contributed by atoms with Crippen molar-refractivity contribution in [2.75, 3.05) is 25.1 Å². The first kappa shape index (κ1) is 43.8. The number of aromatic amines is 2. The highest BCUT2D eigenvalue weighted by atomic mass is 16.6. The molecule has 5 atom stereocenters. The number of imidazole rings is 2. The lowest BCUT2D eigenvalue weighted by atomic mass is 9.87. The molecule has 3 N–H and O–H groups in total. The number of carbonyl (C=O) groups excluding carboxylic acids is 3. The number of nitrogens with zero attached hydrogens (tertiary/aromatic N) is 5. The van der Waals surface area contributed by atoms with Gasteiger partial charge in [0.2, 0.25) is 5.91 Å². The SMILES string of the molecule is COC(=O)N[C@H](C(=O)N1CCC[C@H]1c1nc2ccc(C3CCC(c4ccc(-c5cnc([C@@H]6CCCN6C(=O)OC(C)(C)C)[nH]5)cc4)N3c3ccc(C(C)(C)C)cc3)cc2[nH]1)C(C)C. The highest BCUT2D eigenvalue weighted by molar-refractivity contribution is 5.86. The van der Waals surface area contributed by atoms with E-state index in [1.807, 2.05) is 45.7 Å². The number of alkyl carbamates (subject to hydrolysis) is 1. The summed E-state index contributed by atoms with van der Waals surface area (Å²) in [7, 11) is 1.31. The van der Waals surface area contributed by atoms with Crippen LogP contribution in [-0.4, -0.2) is 79.7 Å².